The van der Waals surface area contributed by atoms with Gasteiger partial charge in [0.2, 0.25) is 5.91 Å². The highest BCUT2D eigenvalue weighted by atomic mass is 19.1. The summed E-state index contributed by atoms with van der Waals surface area (Å²) >= 11 is 0. The Labute approximate surface area is 184 Å². The van der Waals surface area contributed by atoms with Gasteiger partial charge in [-0.1, -0.05) is 60.7 Å². The highest BCUT2D eigenvalue weighted by Gasteiger charge is 2.22. The van der Waals surface area contributed by atoms with E-state index in [1.54, 1.807) is 30.3 Å². The van der Waals surface area contributed by atoms with Gasteiger partial charge >= 0.3 is 0 Å². The van der Waals surface area contributed by atoms with E-state index < -0.39 is 5.92 Å². The zero-order valence-corrected chi connectivity index (χ0v) is 17.0. The number of halogens is 1. The van der Waals surface area contributed by atoms with Crippen molar-refractivity contribution < 1.29 is 9.18 Å². The lowest BCUT2D eigenvalue weighted by Gasteiger charge is -2.18. The maximum atomic E-state index is 13.3. The van der Waals surface area contributed by atoms with Crippen molar-refractivity contribution >= 4 is 22.6 Å². The number of rotatable bonds is 5. The largest absolute Gasteiger partial charge is 0.325 e. The van der Waals surface area contributed by atoms with E-state index in [0.29, 0.717) is 22.4 Å². The summed E-state index contributed by atoms with van der Waals surface area (Å²) in [6.07, 6.45) is 0. The highest BCUT2D eigenvalue weighted by molar-refractivity contribution is 5.99. The molecule has 5 aromatic rings. The molecule has 1 heterocycles. The summed E-state index contributed by atoms with van der Waals surface area (Å²) in [6.45, 7) is 0. The molecule has 0 atom stereocenters. The van der Waals surface area contributed by atoms with Crippen LogP contribution >= 0.6 is 0 Å². The van der Waals surface area contributed by atoms with E-state index >= 15 is 0 Å². The van der Waals surface area contributed by atoms with Gasteiger partial charge in [0.05, 0.1) is 11.6 Å². The first kappa shape index (κ1) is 19.6. The van der Waals surface area contributed by atoms with E-state index in [0.717, 1.165) is 11.1 Å². The minimum absolute atomic E-state index is 0.132. The van der Waals surface area contributed by atoms with Gasteiger partial charge in [-0.15, -0.1) is 10.2 Å². The number of aromatic nitrogens is 3. The number of hydrogen-bond donors (Lipinski definition) is 1. The Morgan fingerprint density at radius 2 is 1.34 bits per heavy atom. The van der Waals surface area contributed by atoms with Gasteiger partial charge in [0.15, 0.2) is 0 Å². The molecule has 5 nitrogen and oxygen atoms in total. The van der Waals surface area contributed by atoms with Crippen LogP contribution in [0, 0.1) is 5.82 Å². The van der Waals surface area contributed by atoms with Gasteiger partial charge in [0.1, 0.15) is 16.9 Å². The van der Waals surface area contributed by atoms with Crippen LogP contribution in [0.25, 0.3) is 16.7 Å². The minimum Gasteiger partial charge on any atom is -0.325 e. The summed E-state index contributed by atoms with van der Waals surface area (Å²) in [4.78, 5) is 14.8. The molecular weight excluding hydrogens is 403 g/mol. The monoisotopic (exact) mass is 422 g/mol. The molecule has 0 spiro atoms. The van der Waals surface area contributed by atoms with E-state index in [1.165, 1.54) is 16.9 Å². The first-order valence-corrected chi connectivity index (χ1v) is 10.2. The number of anilines is 1. The maximum Gasteiger partial charge on any atom is 0.236 e. The summed E-state index contributed by atoms with van der Waals surface area (Å²) in [7, 11) is 0. The molecule has 6 heteroatoms. The molecule has 5 rings (SSSR count). The number of carbonyl (C=O) groups excluding carboxylic acids is 1. The fraction of sp³-hybridized carbons (Fsp3) is 0.0385. The van der Waals surface area contributed by atoms with Crippen LogP contribution in [0.3, 0.4) is 0 Å². The molecule has 1 aromatic heterocycles. The summed E-state index contributed by atoms with van der Waals surface area (Å²) < 4.78 is 13.2. The van der Waals surface area contributed by atoms with Crippen molar-refractivity contribution in [2.45, 2.75) is 5.92 Å². The van der Waals surface area contributed by atoms with E-state index in [9.17, 15) is 9.18 Å². The molecule has 0 saturated heterocycles. The Balaban J connectivity index is 1.44. The predicted molar refractivity (Wildman–Crippen MR) is 122 cm³/mol. The second-order valence-corrected chi connectivity index (χ2v) is 7.41. The lowest BCUT2D eigenvalue weighted by atomic mass is 9.90. The van der Waals surface area contributed by atoms with Crippen LogP contribution in [0.15, 0.2) is 103 Å². The first-order valence-electron chi connectivity index (χ1n) is 10.2. The Bertz CT molecular complexity index is 1330. The molecule has 0 aliphatic rings. The number of carbonyl (C=O) groups is 1. The van der Waals surface area contributed by atoms with Crippen LogP contribution in [-0.2, 0) is 4.79 Å². The summed E-state index contributed by atoms with van der Waals surface area (Å²) in [5.41, 5.74) is 4.42. The smallest absolute Gasteiger partial charge is 0.236 e. The third-order valence-corrected chi connectivity index (χ3v) is 5.23. The molecular formula is C26H19FN4O. The number of hydrogen-bond acceptors (Lipinski definition) is 3. The lowest BCUT2D eigenvalue weighted by molar-refractivity contribution is -0.116. The van der Waals surface area contributed by atoms with Crippen molar-refractivity contribution in [3.05, 3.63) is 120 Å². The molecule has 0 aliphatic heterocycles. The third-order valence-electron chi connectivity index (χ3n) is 5.23. The molecule has 1 amide bonds. The number of nitrogens with one attached hydrogen (secondary N) is 1. The second-order valence-electron chi connectivity index (χ2n) is 7.41. The summed E-state index contributed by atoms with van der Waals surface area (Å²) in [5, 5.41) is 11.9. The van der Waals surface area contributed by atoms with Crippen molar-refractivity contribution in [1.82, 2.24) is 15.0 Å². The Kier molecular flexibility index (Phi) is 5.17. The average molecular weight is 422 g/mol. The van der Waals surface area contributed by atoms with Gasteiger partial charge in [-0.3, -0.25) is 4.79 Å². The molecule has 1 N–H and O–H groups in total. The third kappa shape index (κ3) is 3.98. The number of fused-ring (bicyclic) bond motifs is 1. The molecule has 0 saturated carbocycles. The van der Waals surface area contributed by atoms with Crippen molar-refractivity contribution in [2.24, 2.45) is 0 Å². The fourth-order valence-corrected chi connectivity index (χ4v) is 3.68. The van der Waals surface area contributed by atoms with Crippen LogP contribution < -0.4 is 5.32 Å². The average Bonchev–Trinajstić information content (AvgIpc) is 3.24. The normalized spacial score (nSPS) is 11.1. The van der Waals surface area contributed by atoms with Crippen molar-refractivity contribution in [3.63, 3.8) is 0 Å². The molecule has 32 heavy (non-hydrogen) atoms. The molecule has 0 aliphatic carbocycles. The molecule has 0 unspecified atom stereocenters. The predicted octanol–water partition coefficient (Wildman–Crippen LogP) is 5.33. The standard InChI is InChI=1S/C26H19FN4O/c27-20-11-14-22(15-12-20)31-29-23-16-13-21(17-24(23)30-31)28-26(32)25(18-7-3-1-4-8-18)19-9-5-2-6-10-19/h1-17,25H,(H,28,32). The van der Waals surface area contributed by atoms with Gasteiger partial charge in [-0.25, -0.2) is 4.39 Å². The highest BCUT2D eigenvalue weighted by Crippen LogP contribution is 2.27. The van der Waals surface area contributed by atoms with Crippen molar-refractivity contribution in [1.29, 1.82) is 0 Å². The van der Waals surface area contributed by atoms with Crippen LogP contribution in [-0.4, -0.2) is 20.9 Å². The second kappa shape index (κ2) is 8.43. The van der Waals surface area contributed by atoms with Gasteiger partial charge in [0.25, 0.3) is 0 Å². The van der Waals surface area contributed by atoms with Crippen LogP contribution in [0.5, 0.6) is 0 Å². The lowest BCUT2D eigenvalue weighted by Crippen LogP contribution is -2.22. The fourth-order valence-electron chi connectivity index (χ4n) is 3.68. The van der Waals surface area contributed by atoms with Crippen molar-refractivity contribution in [3.8, 4) is 5.69 Å². The molecule has 0 fully saturated rings. The summed E-state index contributed by atoms with van der Waals surface area (Å²) in [5.74, 6) is -0.891. The molecule has 0 bridgehead atoms. The zero-order chi connectivity index (χ0) is 21.9. The minimum atomic E-state index is -0.442. The summed E-state index contributed by atoms with van der Waals surface area (Å²) in [6, 6.07) is 30.7. The van der Waals surface area contributed by atoms with Crippen molar-refractivity contribution in [2.75, 3.05) is 5.32 Å². The van der Waals surface area contributed by atoms with Gasteiger partial charge < -0.3 is 5.32 Å². The van der Waals surface area contributed by atoms with Gasteiger partial charge in [0, 0.05) is 5.69 Å². The SMILES string of the molecule is O=C(Nc1ccc2nn(-c3ccc(F)cc3)nc2c1)C(c1ccccc1)c1ccccc1. The van der Waals surface area contributed by atoms with E-state index in [1.807, 2.05) is 60.7 Å². The molecule has 4 aromatic carbocycles. The topological polar surface area (TPSA) is 59.8 Å². The quantitative estimate of drug-likeness (QED) is 0.416. The van der Waals surface area contributed by atoms with E-state index in [4.69, 9.17) is 0 Å². The Hall–Kier alpha value is -4.32. The zero-order valence-electron chi connectivity index (χ0n) is 17.0. The first-order chi connectivity index (χ1) is 15.7. The Morgan fingerprint density at radius 1 is 0.750 bits per heavy atom. The molecule has 0 radical (unpaired) electrons. The Morgan fingerprint density at radius 3 is 1.97 bits per heavy atom. The molecule has 156 valence electrons. The number of amides is 1. The van der Waals surface area contributed by atoms with Crippen LogP contribution in [0.2, 0.25) is 0 Å². The van der Waals surface area contributed by atoms with E-state index in [-0.39, 0.29) is 11.7 Å². The van der Waals surface area contributed by atoms with Gasteiger partial charge in [-0.2, -0.15) is 4.80 Å². The van der Waals surface area contributed by atoms with E-state index in [2.05, 4.69) is 15.5 Å². The van der Waals surface area contributed by atoms with Crippen LogP contribution in [0.4, 0.5) is 10.1 Å². The maximum absolute atomic E-state index is 13.3. The number of nitrogens with zero attached hydrogens (tertiary/aromatic N) is 3. The number of benzene rings is 4. The van der Waals surface area contributed by atoms with Crippen LogP contribution in [0.1, 0.15) is 17.0 Å². The van der Waals surface area contributed by atoms with Gasteiger partial charge in [-0.05, 0) is 53.6 Å².